The molecule has 0 radical (unpaired) electrons. The van der Waals surface area contributed by atoms with E-state index in [4.69, 9.17) is 0 Å². The maximum Gasteiger partial charge on any atom is 0.0827 e. The molecule has 0 aliphatic carbocycles. The van der Waals surface area contributed by atoms with Gasteiger partial charge in [0.2, 0.25) is 0 Å². The van der Waals surface area contributed by atoms with E-state index in [1.807, 2.05) is 43.2 Å². The van der Waals surface area contributed by atoms with Gasteiger partial charge in [-0.2, -0.15) is 0 Å². The summed E-state index contributed by atoms with van der Waals surface area (Å²) in [5.41, 5.74) is 3.87. The normalized spacial score (nSPS) is 13.2. The summed E-state index contributed by atoms with van der Waals surface area (Å²) in [5, 5.41) is 12.0. The van der Waals surface area contributed by atoms with Crippen LogP contribution in [0, 0.1) is 5.92 Å². The number of nitrogens with zero attached hydrogens (tertiary/aromatic N) is 2. The minimum Gasteiger partial charge on any atom is -0.388 e. The highest BCUT2D eigenvalue weighted by Crippen LogP contribution is 2.21. The van der Waals surface area contributed by atoms with Crippen LogP contribution < -0.4 is 0 Å². The summed E-state index contributed by atoms with van der Waals surface area (Å²) in [6.07, 6.45) is 3.60. The van der Waals surface area contributed by atoms with Crippen molar-refractivity contribution in [2.24, 2.45) is 5.92 Å². The fraction of sp³-hybridized carbons (Fsp3) is 0.417. The van der Waals surface area contributed by atoms with Crippen LogP contribution in [-0.4, -0.2) is 14.7 Å². The number of thiazole rings is 1. The van der Waals surface area contributed by atoms with Crippen molar-refractivity contribution >= 4 is 11.3 Å². The highest BCUT2D eigenvalue weighted by molar-refractivity contribution is 7.07. The summed E-state index contributed by atoms with van der Waals surface area (Å²) in [6.45, 7) is 4.80. The van der Waals surface area contributed by atoms with Crippen LogP contribution in [0.4, 0.5) is 0 Å². The van der Waals surface area contributed by atoms with Gasteiger partial charge in [0.15, 0.2) is 0 Å². The Morgan fingerprint density at radius 3 is 2.94 bits per heavy atom. The molecule has 2 aromatic rings. The van der Waals surface area contributed by atoms with Crippen molar-refractivity contribution < 1.29 is 5.11 Å². The van der Waals surface area contributed by atoms with Crippen LogP contribution in [0.15, 0.2) is 29.4 Å². The molecule has 4 heteroatoms. The highest BCUT2D eigenvalue weighted by Gasteiger charge is 2.13. The third kappa shape index (κ3) is 2.51. The monoisotopic (exact) mass is 236 g/mol. The van der Waals surface area contributed by atoms with Crippen molar-refractivity contribution in [2.75, 3.05) is 0 Å². The van der Waals surface area contributed by atoms with Crippen LogP contribution in [0.2, 0.25) is 0 Å². The van der Waals surface area contributed by atoms with Gasteiger partial charge in [-0.15, -0.1) is 11.3 Å². The lowest BCUT2D eigenvalue weighted by Crippen LogP contribution is -2.04. The molecular formula is C12H16N2OS. The second-order valence-corrected chi connectivity index (χ2v) is 5.00. The Hall–Kier alpha value is -1.13. The summed E-state index contributed by atoms with van der Waals surface area (Å²) in [4.78, 5) is 4.24. The van der Waals surface area contributed by atoms with E-state index in [-0.39, 0.29) is 12.0 Å². The number of hydrogen-bond donors (Lipinski definition) is 1. The second kappa shape index (κ2) is 4.80. The molecule has 0 amide bonds. The number of aliphatic hydroxyl groups excluding tert-OH is 1. The summed E-state index contributed by atoms with van der Waals surface area (Å²) in [5.74, 6) is 0.245. The third-order valence-corrected chi connectivity index (χ3v) is 3.21. The van der Waals surface area contributed by atoms with Crippen LogP contribution in [-0.2, 0) is 6.54 Å². The van der Waals surface area contributed by atoms with Gasteiger partial charge in [-0.25, -0.2) is 4.98 Å². The molecule has 2 heterocycles. The van der Waals surface area contributed by atoms with E-state index in [1.54, 1.807) is 11.3 Å². The Balaban J connectivity index is 2.08. The second-order valence-electron chi connectivity index (χ2n) is 4.29. The first-order valence-corrected chi connectivity index (χ1v) is 6.32. The Morgan fingerprint density at radius 1 is 1.50 bits per heavy atom. The van der Waals surface area contributed by atoms with Crippen molar-refractivity contribution in [1.82, 2.24) is 9.55 Å². The Kier molecular flexibility index (Phi) is 3.41. The van der Waals surface area contributed by atoms with E-state index < -0.39 is 0 Å². The zero-order valence-electron chi connectivity index (χ0n) is 9.50. The molecule has 3 nitrogen and oxygen atoms in total. The average molecular weight is 236 g/mol. The third-order valence-electron chi connectivity index (χ3n) is 2.57. The molecule has 2 rings (SSSR count). The number of rotatable bonds is 4. The predicted molar refractivity (Wildman–Crippen MR) is 65.4 cm³/mol. The molecule has 86 valence electrons. The van der Waals surface area contributed by atoms with Crippen molar-refractivity contribution in [3.63, 3.8) is 0 Å². The maximum absolute atomic E-state index is 9.91. The quantitative estimate of drug-likeness (QED) is 0.886. The van der Waals surface area contributed by atoms with Crippen molar-refractivity contribution in [1.29, 1.82) is 0 Å². The standard InChI is InChI=1S/C12H16N2OS/c1-9(2)12(15)10-3-4-14(5-10)6-11-7-16-8-13-11/h3-5,7-9,12,15H,6H2,1-2H3. The number of aliphatic hydroxyl groups is 1. The Labute approximate surface area is 99.4 Å². The molecule has 1 atom stereocenters. The topological polar surface area (TPSA) is 38.0 Å². The van der Waals surface area contributed by atoms with E-state index in [9.17, 15) is 5.11 Å². The molecule has 16 heavy (non-hydrogen) atoms. The van der Waals surface area contributed by atoms with Crippen LogP contribution in [0.25, 0.3) is 0 Å². The molecule has 0 saturated heterocycles. The molecule has 0 aromatic carbocycles. The predicted octanol–water partition coefficient (Wildman–Crippen LogP) is 2.68. The molecule has 0 aliphatic heterocycles. The van der Waals surface area contributed by atoms with Crippen LogP contribution >= 0.6 is 11.3 Å². The Bertz CT molecular complexity index is 434. The first kappa shape index (κ1) is 11.4. The van der Waals surface area contributed by atoms with E-state index in [1.165, 1.54) is 0 Å². The molecule has 1 unspecified atom stereocenters. The van der Waals surface area contributed by atoms with Crippen LogP contribution in [0.5, 0.6) is 0 Å². The molecule has 0 saturated carbocycles. The first-order chi connectivity index (χ1) is 7.66. The molecule has 0 bridgehead atoms. The van der Waals surface area contributed by atoms with Gasteiger partial charge in [-0.1, -0.05) is 13.8 Å². The number of aromatic nitrogens is 2. The fourth-order valence-corrected chi connectivity index (χ4v) is 2.17. The van der Waals surface area contributed by atoms with E-state index in [0.29, 0.717) is 0 Å². The van der Waals surface area contributed by atoms with Gasteiger partial charge in [0.05, 0.1) is 23.9 Å². The molecule has 0 spiro atoms. The van der Waals surface area contributed by atoms with Crippen molar-refractivity contribution in [3.05, 3.63) is 40.6 Å². The summed E-state index contributed by atoms with van der Waals surface area (Å²) in [7, 11) is 0. The lowest BCUT2D eigenvalue weighted by Gasteiger charge is -2.12. The largest absolute Gasteiger partial charge is 0.388 e. The summed E-state index contributed by atoms with van der Waals surface area (Å²) in [6, 6.07) is 1.97. The van der Waals surface area contributed by atoms with Gasteiger partial charge in [0.25, 0.3) is 0 Å². The van der Waals surface area contributed by atoms with Crippen LogP contribution in [0.1, 0.15) is 31.2 Å². The number of hydrogen-bond acceptors (Lipinski definition) is 3. The lowest BCUT2D eigenvalue weighted by atomic mass is 10.0. The average Bonchev–Trinajstić information content (AvgIpc) is 2.88. The highest BCUT2D eigenvalue weighted by atomic mass is 32.1. The van der Waals surface area contributed by atoms with Gasteiger partial charge in [0.1, 0.15) is 0 Å². The van der Waals surface area contributed by atoms with Crippen LogP contribution in [0.3, 0.4) is 0 Å². The van der Waals surface area contributed by atoms with Gasteiger partial charge >= 0.3 is 0 Å². The Morgan fingerprint density at radius 2 is 2.31 bits per heavy atom. The maximum atomic E-state index is 9.91. The molecular weight excluding hydrogens is 220 g/mol. The van der Waals surface area contributed by atoms with Crippen molar-refractivity contribution in [2.45, 2.75) is 26.5 Å². The zero-order chi connectivity index (χ0) is 11.5. The minimum absolute atomic E-state index is 0.245. The molecule has 0 aliphatic rings. The van der Waals surface area contributed by atoms with E-state index in [0.717, 1.165) is 17.8 Å². The van der Waals surface area contributed by atoms with Gasteiger partial charge in [-0.3, -0.25) is 0 Å². The smallest absolute Gasteiger partial charge is 0.0827 e. The zero-order valence-corrected chi connectivity index (χ0v) is 10.3. The molecule has 1 N–H and O–H groups in total. The van der Waals surface area contributed by atoms with Crippen molar-refractivity contribution in [3.8, 4) is 0 Å². The van der Waals surface area contributed by atoms with Gasteiger partial charge in [0, 0.05) is 17.8 Å². The molecule has 0 fully saturated rings. The summed E-state index contributed by atoms with van der Waals surface area (Å²) < 4.78 is 2.05. The molecule has 2 aromatic heterocycles. The van der Waals surface area contributed by atoms with Gasteiger partial charge in [-0.05, 0) is 17.5 Å². The van der Waals surface area contributed by atoms with E-state index in [2.05, 4.69) is 9.55 Å². The SMILES string of the molecule is CC(C)C(O)c1ccn(Cc2cscn2)c1. The van der Waals surface area contributed by atoms with E-state index >= 15 is 0 Å². The first-order valence-electron chi connectivity index (χ1n) is 5.37. The van der Waals surface area contributed by atoms with Gasteiger partial charge < -0.3 is 9.67 Å². The lowest BCUT2D eigenvalue weighted by molar-refractivity contribution is 0.127. The fourth-order valence-electron chi connectivity index (χ4n) is 1.62. The summed E-state index contributed by atoms with van der Waals surface area (Å²) >= 11 is 1.60. The minimum atomic E-state index is -0.378.